The monoisotopic (exact) mass is 224 g/mol. The van der Waals surface area contributed by atoms with Crippen molar-refractivity contribution >= 4 is 16.5 Å². The first-order valence-corrected chi connectivity index (χ1v) is 5.21. The van der Waals surface area contributed by atoms with E-state index < -0.39 is 0 Å². The lowest BCUT2D eigenvalue weighted by Crippen LogP contribution is -2.10. The van der Waals surface area contributed by atoms with Crippen LogP contribution in [0.4, 0.5) is 0 Å². The van der Waals surface area contributed by atoms with E-state index in [1.165, 1.54) is 0 Å². The number of para-hydroxylation sites is 1. The summed E-state index contributed by atoms with van der Waals surface area (Å²) in [6.45, 7) is 7.30. The minimum absolute atomic E-state index is 0.151. The number of allylic oxidation sites excluding steroid dienone is 4. The number of hydrogen-bond donors (Lipinski definition) is 1. The molecule has 17 heavy (non-hydrogen) atoms. The second kappa shape index (κ2) is 4.61. The van der Waals surface area contributed by atoms with Crippen LogP contribution >= 0.6 is 0 Å². The lowest BCUT2D eigenvalue weighted by atomic mass is 10.2. The summed E-state index contributed by atoms with van der Waals surface area (Å²) in [5.41, 5.74) is 1.26. The zero-order chi connectivity index (χ0) is 12.3. The summed E-state index contributed by atoms with van der Waals surface area (Å²) in [5.74, 6) is 0.503. The fourth-order valence-corrected chi connectivity index (χ4v) is 1.59. The number of aromatic amines is 1. The standard InChI is InChI=1S/C14H12N2O/c1-3-7-10(4-2)13-15-12-9-6-5-8-11(12)14(17)16-13/h3-9H,1-2H2,(H,15,16,17)/b10-7+. The number of nitrogens with one attached hydrogen (secondary N) is 1. The average Bonchev–Trinajstić information content (AvgIpc) is 2.36. The van der Waals surface area contributed by atoms with Crippen molar-refractivity contribution in [2.24, 2.45) is 0 Å². The highest BCUT2D eigenvalue weighted by Gasteiger charge is 2.04. The van der Waals surface area contributed by atoms with Gasteiger partial charge in [-0.3, -0.25) is 4.79 Å². The predicted octanol–water partition coefficient (Wildman–Crippen LogP) is 2.68. The zero-order valence-electron chi connectivity index (χ0n) is 9.31. The molecule has 0 atom stereocenters. The summed E-state index contributed by atoms with van der Waals surface area (Å²) < 4.78 is 0. The molecule has 0 aliphatic rings. The summed E-state index contributed by atoms with van der Waals surface area (Å²) in [7, 11) is 0. The molecule has 2 aromatic rings. The van der Waals surface area contributed by atoms with Gasteiger partial charge in [-0.25, -0.2) is 4.98 Å². The van der Waals surface area contributed by atoms with Gasteiger partial charge in [0.25, 0.3) is 5.56 Å². The Morgan fingerprint density at radius 2 is 2.06 bits per heavy atom. The highest BCUT2D eigenvalue weighted by atomic mass is 16.1. The molecule has 0 aliphatic carbocycles. The molecule has 3 heteroatoms. The molecule has 0 bridgehead atoms. The van der Waals surface area contributed by atoms with Crippen molar-refractivity contribution < 1.29 is 0 Å². The van der Waals surface area contributed by atoms with Gasteiger partial charge in [0.15, 0.2) is 0 Å². The Hall–Kier alpha value is -2.42. The second-order valence-electron chi connectivity index (χ2n) is 3.49. The van der Waals surface area contributed by atoms with E-state index in [1.54, 1.807) is 24.3 Å². The number of rotatable bonds is 3. The molecule has 0 saturated carbocycles. The van der Waals surface area contributed by atoms with Gasteiger partial charge in [-0.05, 0) is 12.1 Å². The van der Waals surface area contributed by atoms with Crippen LogP contribution in [0.5, 0.6) is 0 Å². The van der Waals surface area contributed by atoms with Crippen LogP contribution < -0.4 is 5.56 Å². The van der Waals surface area contributed by atoms with Crippen molar-refractivity contribution in [2.45, 2.75) is 0 Å². The van der Waals surface area contributed by atoms with Crippen LogP contribution in [-0.4, -0.2) is 9.97 Å². The summed E-state index contributed by atoms with van der Waals surface area (Å²) in [6, 6.07) is 7.22. The molecule has 0 fully saturated rings. The van der Waals surface area contributed by atoms with E-state index in [4.69, 9.17) is 0 Å². The fraction of sp³-hybridized carbons (Fsp3) is 0. The maximum atomic E-state index is 11.8. The smallest absolute Gasteiger partial charge is 0.259 e. The lowest BCUT2D eigenvalue weighted by Gasteiger charge is -2.02. The third kappa shape index (κ3) is 2.08. The maximum Gasteiger partial charge on any atom is 0.259 e. The van der Waals surface area contributed by atoms with Crippen molar-refractivity contribution in [3.8, 4) is 0 Å². The Kier molecular flexibility index (Phi) is 3.01. The zero-order valence-corrected chi connectivity index (χ0v) is 9.31. The van der Waals surface area contributed by atoms with E-state index in [0.717, 1.165) is 5.57 Å². The highest BCUT2D eigenvalue weighted by molar-refractivity contribution is 5.80. The van der Waals surface area contributed by atoms with Crippen LogP contribution in [0.15, 0.2) is 60.4 Å². The molecule has 2 rings (SSSR count). The Balaban J connectivity index is 2.73. The molecular formula is C14H12N2O. The third-order valence-corrected chi connectivity index (χ3v) is 2.40. The van der Waals surface area contributed by atoms with Crippen LogP contribution in [0.2, 0.25) is 0 Å². The first kappa shape index (κ1) is 11.1. The van der Waals surface area contributed by atoms with Crippen LogP contribution in [0.3, 0.4) is 0 Å². The normalized spacial score (nSPS) is 11.4. The molecule has 0 unspecified atom stereocenters. The quantitative estimate of drug-likeness (QED) is 0.815. The van der Waals surface area contributed by atoms with Gasteiger partial charge in [0, 0.05) is 5.57 Å². The van der Waals surface area contributed by atoms with Crippen LogP contribution in [0.25, 0.3) is 16.5 Å². The fourth-order valence-electron chi connectivity index (χ4n) is 1.59. The van der Waals surface area contributed by atoms with E-state index in [2.05, 4.69) is 23.1 Å². The van der Waals surface area contributed by atoms with Crippen molar-refractivity contribution in [3.05, 3.63) is 71.8 Å². The van der Waals surface area contributed by atoms with Gasteiger partial charge in [0.2, 0.25) is 0 Å². The number of hydrogen-bond acceptors (Lipinski definition) is 2. The number of fused-ring (bicyclic) bond motifs is 1. The molecule has 0 spiro atoms. The molecule has 0 radical (unpaired) electrons. The summed E-state index contributed by atoms with van der Waals surface area (Å²) in [6.07, 6.45) is 5.01. The Bertz CT molecular complexity index is 665. The van der Waals surface area contributed by atoms with Crippen molar-refractivity contribution in [3.63, 3.8) is 0 Å². The van der Waals surface area contributed by atoms with Gasteiger partial charge in [-0.2, -0.15) is 0 Å². The lowest BCUT2D eigenvalue weighted by molar-refractivity contribution is 1.13. The van der Waals surface area contributed by atoms with Crippen LogP contribution in [-0.2, 0) is 0 Å². The van der Waals surface area contributed by atoms with E-state index >= 15 is 0 Å². The van der Waals surface area contributed by atoms with E-state index in [-0.39, 0.29) is 5.56 Å². The van der Waals surface area contributed by atoms with Gasteiger partial charge in [-0.1, -0.05) is 43.5 Å². The summed E-state index contributed by atoms with van der Waals surface area (Å²) in [5, 5.41) is 0.582. The minimum atomic E-state index is -0.151. The molecular weight excluding hydrogens is 212 g/mol. The van der Waals surface area contributed by atoms with Gasteiger partial charge >= 0.3 is 0 Å². The Labute approximate surface area is 98.8 Å². The Morgan fingerprint density at radius 1 is 1.29 bits per heavy atom. The molecule has 3 nitrogen and oxygen atoms in total. The molecule has 0 saturated heterocycles. The van der Waals surface area contributed by atoms with E-state index in [1.807, 2.05) is 18.2 Å². The average molecular weight is 224 g/mol. The van der Waals surface area contributed by atoms with Gasteiger partial charge in [0.05, 0.1) is 10.9 Å². The minimum Gasteiger partial charge on any atom is -0.306 e. The number of nitrogens with zero attached hydrogens (tertiary/aromatic N) is 1. The van der Waals surface area contributed by atoms with E-state index in [9.17, 15) is 4.79 Å². The van der Waals surface area contributed by atoms with Gasteiger partial charge in [0.1, 0.15) is 5.82 Å². The summed E-state index contributed by atoms with van der Waals surface area (Å²) in [4.78, 5) is 19.0. The number of aromatic nitrogens is 2. The Morgan fingerprint density at radius 3 is 2.76 bits per heavy atom. The summed E-state index contributed by atoms with van der Waals surface area (Å²) >= 11 is 0. The first-order valence-electron chi connectivity index (χ1n) is 5.21. The first-order chi connectivity index (χ1) is 8.26. The number of benzene rings is 1. The van der Waals surface area contributed by atoms with Gasteiger partial charge < -0.3 is 4.98 Å². The second-order valence-corrected chi connectivity index (χ2v) is 3.49. The number of H-pyrrole nitrogens is 1. The van der Waals surface area contributed by atoms with Crippen molar-refractivity contribution in [2.75, 3.05) is 0 Å². The third-order valence-electron chi connectivity index (χ3n) is 2.40. The van der Waals surface area contributed by atoms with Crippen molar-refractivity contribution in [1.29, 1.82) is 0 Å². The van der Waals surface area contributed by atoms with Crippen LogP contribution in [0, 0.1) is 0 Å². The predicted molar refractivity (Wildman–Crippen MR) is 70.7 cm³/mol. The maximum absolute atomic E-state index is 11.8. The molecule has 0 amide bonds. The molecule has 0 aliphatic heterocycles. The van der Waals surface area contributed by atoms with Gasteiger partial charge in [-0.15, -0.1) is 0 Å². The molecule has 1 N–H and O–H groups in total. The molecule has 1 heterocycles. The largest absolute Gasteiger partial charge is 0.306 e. The molecule has 84 valence electrons. The molecule has 1 aromatic heterocycles. The van der Waals surface area contributed by atoms with Crippen LogP contribution in [0.1, 0.15) is 5.82 Å². The van der Waals surface area contributed by atoms with Crippen molar-refractivity contribution in [1.82, 2.24) is 9.97 Å². The SMILES string of the molecule is C=C/C=C(\C=C)c1nc2ccccc2c(=O)[nH]1. The molecule has 1 aromatic carbocycles. The topological polar surface area (TPSA) is 45.8 Å². The van der Waals surface area contributed by atoms with E-state index in [0.29, 0.717) is 16.7 Å². The highest BCUT2D eigenvalue weighted by Crippen LogP contribution is 2.12.